The first-order valence-corrected chi connectivity index (χ1v) is 9.81. The number of aromatic carboxylic acids is 1. The standard InChI is InChI=1S/C20H26N2O4S/c1-12(2)5-6-13(3)21-17(23)11-26-18-14(4)27-19(22-18)15-7-9-16(10-8-15)20(24)25/h7-10,12-13H,5-6,11H2,1-4H3,(H,21,23)(H,24,25). The molecule has 6 nitrogen and oxygen atoms in total. The number of thiazole rings is 1. The van der Waals surface area contributed by atoms with Crippen molar-refractivity contribution in [2.45, 2.75) is 46.6 Å². The molecule has 0 aliphatic rings. The van der Waals surface area contributed by atoms with Crippen molar-refractivity contribution in [3.8, 4) is 16.5 Å². The minimum atomic E-state index is -0.963. The zero-order valence-electron chi connectivity index (χ0n) is 16.1. The van der Waals surface area contributed by atoms with Gasteiger partial charge in [-0.2, -0.15) is 0 Å². The number of ether oxygens (including phenoxy) is 1. The quantitative estimate of drug-likeness (QED) is 0.672. The Balaban J connectivity index is 1.92. The van der Waals surface area contributed by atoms with Gasteiger partial charge in [-0.05, 0) is 44.7 Å². The second-order valence-corrected chi connectivity index (χ2v) is 8.19. The number of nitrogens with zero attached hydrogens (tertiary/aromatic N) is 1. The van der Waals surface area contributed by atoms with Crippen molar-refractivity contribution in [3.05, 3.63) is 34.7 Å². The Morgan fingerprint density at radius 3 is 2.44 bits per heavy atom. The molecular formula is C20H26N2O4S. The van der Waals surface area contributed by atoms with E-state index in [1.165, 1.54) is 11.3 Å². The van der Waals surface area contributed by atoms with E-state index in [0.29, 0.717) is 11.8 Å². The van der Waals surface area contributed by atoms with Gasteiger partial charge in [-0.15, -0.1) is 11.3 Å². The Hall–Kier alpha value is -2.41. The Kier molecular flexibility index (Phi) is 7.36. The van der Waals surface area contributed by atoms with Gasteiger partial charge >= 0.3 is 5.97 Å². The second kappa shape index (κ2) is 9.50. The van der Waals surface area contributed by atoms with Gasteiger partial charge in [0.05, 0.1) is 10.4 Å². The molecule has 1 aromatic carbocycles. The van der Waals surface area contributed by atoms with Crippen LogP contribution in [0, 0.1) is 12.8 Å². The van der Waals surface area contributed by atoms with E-state index in [1.54, 1.807) is 24.3 Å². The zero-order valence-corrected chi connectivity index (χ0v) is 16.9. The number of amides is 1. The third kappa shape index (κ3) is 6.36. The maximum Gasteiger partial charge on any atom is 0.335 e. The number of carboxylic acid groups (broad SMARTS) is 1. The zero-order chi connectivity index (χ0) is 20.0. The van der Waals surface area contributed by atoms with Crippen LogP contribution in [0.5, 0.6) is 5.88 Å². The molecule has 1 amide bonds. The molecule has 0 aliphatic carbocycles. The van der Waals surface area contributed by atoms with E-state index in [2.05, 4.69) is 24.1 Å². The van der Waals surface area contributed by atoms with Crippen molar-refractivity contribution in [1.29, 1.82) is 0 Å². The fourth-order valence-corrected chi connectivity index (χ4v) is 3.37. The summed E-state index contributed by atoms with van der Waals surface area (Å²) >= 11 is 1.44. The minimum Gasteiger partial charge on any atom is -0.478 e. The highest BCUT2D eigenvalue weighted by Crippen LogP contribution is 2.31. The molecular weight excluding hydrogens is 364 g/mol. The molecule has 1 aromatic heterocycles. The summed E-state index contributed by atoms with van der Waals surface area (Å²) in [6.45, 7) is 8.12. The van der Waals surface area contributed by atoms with Crippen molar-refractivity contribution in [1.82, 2.24) is 10.3 Å². The van der Waals surface area contributed by atoms with Gasteiger partial charge in [-0.3, -0.25) is 4.79 Å². The Morgan fingerprint density at radius 1 is 1.19 bits per heavy atom. The number of carbonyl (C=O) groups excluding carboxylic acids is 1. The summed E-state index contributed by atoms with van der Waals surface area (Å²) in [5.41, 5.74) is 1.04. The number of benzene rings is 1. The van der Waals surface area contributed by atoms with Gasteiger partial charge in [0.15, 0.2) is 6.61 Å². The van der Waals surface area contributed by atoms with Crippen LogP contribution in [0.1, 0.15) is 48.8 Å². The van der Waals surface area contributed by atoms with Gasteiger partial charge in [-0.25, -0.2) is 9.78 Å². The number of aromatic nitrogens is 1. The number of carbonyl (C=O) groups is 2. The van der Waals surface area contributed by atoms with E-state index >= 15 is 0 Å². The third-order valence-electron chi connectivity index (χ3n) is 4.06. The number of hydrogen-bond acceptors (Lipinski definition) is 5. The molecule has 1 heterocycles. The first kappa shape index (κ1) is 20.9. The van der Waals surface area contributed by atoms with Crippen LogP contribution < -0.4 is 10.1 Å². The van der Waals surface area contributed by atoms with Crippen molar-refractivity contribution < 1.29 is 19.4 Å². The van der Waals surface area contributed by atoms with Crippen LogP contribution in [-0.4, -0.2) is 34.6 Å². The lowest BCUT2D eigenvalue weighted by Crippen LogP contribution is -2.36. The predicted molar refractivity (Wildman–Crippen MR) is 106 cm³/mol. The van der Waals surface area contributed by atoms with E-state index in [4.69, 9.17) is 9.84 Å². The number of aryl methyl sites for hydroxylation is 1. The lowest BCUT2D eigenvalue weighted by Gasteiger charge is -2.15. The molecule has 0 aliphatic heterocycles. The lowest BCUT2D eigenvalue weighted by molar-refractivity contribution is -0.123. The first-order valence-electron chi connectivity index (χ1n) is 8.99. The minimum absolute atomic E-state index is 0.0754. The summed E-state index contributed by atoms with van der Waals surface area (Å²) in [7, 11) is 0. The average Bonchev–Trinajstić information content (AvgIpc) is 2.99. The maximum atomic E-state index is 12.0. The SMILES string of the molecule is Cc1sc(-c2ccc(C(=O)O)cc2)nc1OCC(=O)NC(C)CCC(C)C. The van der Waals surface area contributed by atoms with E-state index < -0.39 is 5.97 Å². The third-order valence-corrected chi connectivity index (χ3v) is 5.06. The van der Waals surface area contributed by atoms with E-state index in [9.17, 15) is 9.59 Å². The molecule has 1 unspecified atom stereocenters. The van der Waals surface area contributed by atoms with Crippen molar-refractivity contribution in [3.63, 3.8) is 0 Å². The fourth-order valence-electron chi connectivity index (χ4n) is 2.50. The summed E-state index contributed by atoms with van der Waals surface area (Å²) in [6.07, 6.45) is 2.01. The van der Waals surface area contributed by atoms with Crippen molar-refractivity contribution >= 4 is 23.2 Å². The van der Waals surface area contributed by atoms with Crippen LogP contribution >= 0.6 is 11.3 Å². The van der Waals surface area contributed by atoms with Gasteiger partial charge in [0.1, 0.15) is 5.01 Å². The van der Waals surface area contributed by atoms with Crippen molar-refractivity contribution in [2.75, 3.05) is 6.61 Å². The molecule has 0 saturated heterocycles. The first-order chi connectivity index (χ1) is 12.8. The monoisotopic (exact) mass is 390 g/mol. The van der Waals surface area contributed by atoms with E-state index in [-0.39, 0.29) is 24.1 Å². The summed E-state index contributed by atoms with van der Waals surface area (Å²) in [5.74, 6) is -0.0796. The Morgan fingerprint density at radius 2 is 1.85 bits per heavy atom. The van der Waals surface area contributed by atoms with Crippen LogP contribution in [0.15, 0.2) is 24.3 Å². The molecule has 0 bridgehead atoms. The summed E-state index contributed by atoms with van der Waals surface area (Å²) < 4.78 is 5.58. The van der Waals surface area contributed by atoms with Crippen LogP contribution in [0.4, 0.5) is 0 Å². The summed E-state index contributed by atoms with van der Waals surface area (Å²) in [5, 5.41) is 12.6. The molecule has 0 spiro atoms. The number of carboxylic acids is 1. The molecule has 146 valence electrons. The summed E-state index contributed by atoms with van der Waals surface area (Å²) in [6, 6.07) is 6.63. The average molecular weight is 391 g/mol. The maximum absolute atomic E-state index is 12.0. The van der Waals surface area contributed by atoms with Crippen LogP contribution in [0.3, 0.4) is 0 Å². The Labute approximate surface area is 163 Å². The highest BCUT2D eigenvalue weighted by molar-refractivity contribution is 7.15. The molecule has 2 rings (SSSR count). The smallest absolute Gasteiger partial charge is 0.335 e. The van der Waals surface area contributed by atoms with Gasteiger partial charge in [-0.1, -0.05) is 26.0 Å². The highest BCUT2D eigenvalue weighted by atomic mass is 32.1. The number of rotatable bonds is 9. The molecule has 27 heavy (non-hydrogen) atoms. The topological polar surface area (TPSA) is 88.5 Å². The molecule has 2 aromatic rings. The van der Waals surface area contributed by atoms with E-state index in [1.807, 2.05) is 13.8 Å². The second-order valence-electron chi connectivity index (χ2n) is 6.99. The molecule has 0 radical (unpaired) electrons. The normalized spacial score (nSPS) is 12.0. The molecule has 0 saturated carbocycles. The van der Waals surface area contributed by atoms with E-state index in [0.717, 1.165) is 28.3 Å². The predicted octanol–water partition coefficient (Wildman–Crippen LogP) is 4.14. The molecule has 2 N–H and O–H groups in total. The van der Waals surface area contributed by atoms with Crippen molar-refractivity contribution in [2.24, 2.45) is 5.92 Å². The highest BCUT2D eigenvalue weighted by Gasteiger charge is 2.14. The molecule has 1 atom stereocenters. The number of nitrogens with one attached hydrogen (secondary N) is 1. The van der Waals surface area contributed by atoms with Crippen LogP contribution in [0.25, 0.3) is 10.6 Å². The van der Waals surface area contributed by atoms with Crippen LogP contribution in [-0.2, 0) is 4.79 Å². The van der Waals surface area contributed by atoms with Gasteiger partial charge < -0.3 is 15.2 Å². The lowest BCUT2D eigenvalue weighted by atomic mass is 10.0. The molecule has 0 fully saturated rings. The number of hydrogen-bond donors (Lipinski definition) is 2. The molecule has 7 heteroatoms. The fraction of sp³-hybridized carbons (Fsp3) is 0.450. The van der Waals surface area contributed by atoms with Gasteiger partial charge in [0.2, 0.25) is 5.88 Å². The van der Waals surface area contributed by atoms with Crippen LogP contribution in [0.2, 0.25) is 0 Å². The Bertz CT molecular complexity index is 784. The summed E-state index contributed by atoms with van der Waals surface area (Å²) in [4.78, 5) is 28.3. The largest absolute Gasteiger partial charge is 0.478 e. The van der Waals surface area contributed by atoms with Gasteiger partial charge in [0.25, 0.3) is 5.91 Å². The van der Waals surface area contributed by atoms with Gasteiger partial charge in [0, 0.05) is 11.6 Å².